The molecule has 3 aromatic rings. The summed E-state index contributed by atoms with van der Waals surface area (Å²) in [6.45, 7) is 4.84. The molecule has 176 valence electrons. The third kappa shape index (κ3) is 5.52. The number of hydrogen-bond acceptors (Lipinski definition) is 6. The van der Waals surface area contributed by atoms with Crippen LogP contribution in [0, 0.1) is 10.1 Å². The molecule has 8 heteroatoms. The van der Waals surface area contributed by atoms with Crippen LogP contribution in [0.5, 0.6) is 0 Å². The fourth-order valence-electron chi connectivity index (χ4n) is 4.17. The van der Waals surface area contributed by atoms with E-state index >= 15 is 0 Å². The lowest BCUT2D eigenvalue weighted by molar-refractivity contribution is -0.384. The number of amides is 1. The van der Waals surface area contributed by atoms with Gasteiger partial charge in [0.2, 0.25) is 0 Å². The Hall–Kier alpha value is -3.91. The molecule has 0 saturated carbocycles. The van der Waals surface area contributed by atoms with E-state index in [-0.39, 0.29) is 17.2 Å². The summed E-state index contributed by atoms with van der Waals surface area (Å²) >= 11 is 0. The molecule has 8 nitrogen and oxygen atoms in total. The van der Waals surface area contributed by atoms with Gasteiger partial charge in [-0.1, -0.05) is 30.3 Å². The minimum absolute atomic E-state index is 0.113. The molecule has 0 spiro atoms. The summed E-state index contributed by atoms with van der Waals surface area (Å²) in [6.07, 6.45) is 0. The second-order valence-electron chi connectivity index (χ2n) is 8.60. The molecule has 1 amide bonds. The number of nitro benzene ring substituents is 1. The summed E-state index contributed by atoms with van der Waals surface area (Å²) in [7, 11) is 3.60. The van der Waals surface area contributed by atoms with Crippen LogP contribution in [-0.4, -0.2) is 56.0 Å². The maximum absolute atomic E-state index is 12.9. The average molecular weight is 460 g/mol. The first-order valence-electron chi connectivity index (χ1n) is 11.3. The minimum atomic E-state index is -0.495. The van der Waals surface area contributed by atoms with Crippen molar-refractivity contribution >= 4 is 28.7 Å². The summed E-state index contributed by atoms with van der Waals surface area (Å²) in [5.41, 5.74) is 3.86. The molecule has 0 radical (unpaired) electrons. The number of carbonyl (C=O) groups excluding carboxylic acids is 1. The van der Waals surface area contributed by atoms with Crippen LogP contribution in [0.25, 0.3) is 0 Å². The number of benzene rings is 3. The van der Waals surface area contributed by atoms with Gasteiger partial charge >= 0.3 is 0 Å². The van der Waals surface area contributed by atoms with Crippen molar-refractivity contribution in [3.63, 3.8) is 0 Å². The van der Waals surface area contributed by atoms with E-state index in [1.54, 1.807) is 25.1 Å². The standard InChI is InChI=1S/C26H29N5O3/c1-28(2)25-13-12-23(31(33)34)18-24(25)26(32)27-21-8-10-22(11-9-21)30-16-14-29(15-17-30)19-20-6-4-3-5-7-20/h3-13,18H,14-17,19H2,1-2H3,(H,27,32). The van der Waals surface area contributed by atoms with Crippen LogP contribution >= 0.6 is 0 Å². The number of piperazine rings is 1. The molecule has 1 N–H and O–H groups in total. The topological polar surface area (TPSA) is 82.0 Å². The van der Waals surface area contributed by atoms with E-state index in [2.05, 4.69) is 39.4 Å². The molecule has 1 fully saturated rings. The van der Waals surface area contributed by atoms with Gasteiger partial charge in [-0.15, -0.1) is 0 Å². The Morgan fingerprint density at radius 3 is 2.26 bits per heavy atom. The van der Waals surface area contributed by atoms with Crippen molar-refractivity contribution in [2.75, 3.05) is 55.4 Å². The van der Waals surface area contributed by atoms with Gasteiger partial charge < -0.3 is 15.1 Å². The molecule has 0 bridgehead atoms. The number of carbonyl (C=O) groups is 1. The Labute approximate surface area is 199 Å². The smallest absolute Gasteiger partial charge is 0.270 e. The molecule has 3 aromatic carbocycles. The first kappa shape index (κ1) is 23.3. The van der Waals surface area contributed by atoms with Crippen LogP contribution in [0.2, 0.25) is 0 Å². The van der Waals surface area contributed by atoms with Crippen LogP contribution in [-0.2, 0) is 6.54 Å². The Morgan fingerprint density at radius 1 is 0.971 bits per heavy atom. The van der Waals surface area contributed by atoms with Gasteiger partial charge in [-0.25, -0.2) is 0 Å². The van der Waals surface area contributed by atoms with E-state index in [4.69, 9.17) is 0 Å². The van der Waals surface area contributed by atoms with Crippen molar-refractivity contribution < 1.29 is 9.72 Å². The highest BCUT2D eigenvalue weighted by Crippen LogP contribution is 2.26. The average Bonchev–Trinajstić information content (AvgIpc) is 2.85. The van der Waals surface area contributed by atoms with Crippen LogP contribution < -0.4 is 15.1 Å². The lowest BCUT2D eigenvalue weighted by Crippen LogP contribution is -2.45. The maximum Gasteiger partial charge on any atom is 0.270 e. The second kappa shape index (κ2) is 10.4. The predicted octanol–water partition coefficient (Wildman–Crippen LogP) is 4.24. The quantitative estimate of drug-likeness (QED) is 0.421. The maximum atomic E-state index is 12.9. The zero-order valence-corrected chi connectivity index (χ0v) is 19.5. The zero-order valence-electron chi connectivity index (χ0n) is 19.5. The van der Waals surface area contributed by atoms with Crippen LogP contribution in [0.3, 0.4) is 0 Å². The molecule has 34 heavy (non-hydrogen) atoms. The van der Waals surface area contributed by atoms with Gasteiger partial charge in [0.1, 0.15) is 0 Å². The first-order valence-corrected chi connectivity index (χ1v) is 11.3. The molecule has 1 saturated heterocycles. The molecule has 1 aliphatic rings. The van der Waals surface area contributed by atoms with Crippen LogP contribution in [0.4, 0.5) is 22.7 Å². The number of hydrogen-bond donors (Lipinski definition) is 1. The summed E-state index contributed by atoms with van der Waals surface area (Å²) in [5.74, 6) is -0.380. The highest BCUT2D eigenvalue weighted by Gasteiger charge is 2.19. The number of anilines is 3. The second-order valence-corrected chi connectivity index (χ2v) is 8.60. The van der Waals surface area contributed by atoms with E-state index < -0.39 is 4.92 Å². The number of nitrogens with one attached hydrogen (secondary N) is 1. The van der Waals surface area contributed by atoms with E-state index in [9.17, 15) is 14.9 Å². The predicted molar refractivity (Wildman–Crippen MR) is 136 cm³/mol. The SMILES string of the molecule is CN(C)c1ccc([N+](=O)[O-])cc1C(=O)Nc1ccc(N2CCN(Cc3ccccc3)CC2)cc1. The normalized spacial score (nSPS) is 14.0. The van der Waals surface area contributed by atoms with E-state index in [0.717, 1.165) is 38.4 Å². The molecule has 1 aliphatic heterocycles. The molecule has 0 aromatic heterocycles. The Balaban J connectivity index is 1.38. The lowest BCUT2D eigenvalue weighted by atomic mass is 10.1. The van der Waals surface area contributed by atoms with Gasteiger partial charge in [0, 0.05) is 76.0 Å². The summed E-state index contributed by atoms with van der Waals surface area (Å²) in [4.78, 5) is 30.2. The summed E-state index contributed by atoms with van der Waals surface area (Å²) in [6, 6.07) is 22.6. The molecule has 0 unspecified atom stereocenters. The van der Waals surface area contributed by atoms with Crippen LogP contribution in [0.1, 0.15) is 15.9 Å². The first-order chi connectivity index (χ1) is 16.4. The van der Waals surface area contributed by atoms with Crippen LogP contribution in [0.15, 0.2) is 72.8 Å². The fourth-order valence-corrected chi connectivity index (χ4v) is 4.17. The Bertz CT molecular complexity index is 1140. The Morgan fingerprint density at radius 2 is 1.65 bits per heavy atom. The third-order valence-corrected chi connectivity index (χ3v) is 6.03. The van der Waals surface area contributed by atoms with Gasteiger partial charge in [0.15, 0.2) is 0 Å². The molecule has 4 rings (SSSR count). The number of non-ortho nitro benzene ring substituents is 1. The number of nitrogens with zero attached hydrogens (tertiary/aromatic N) is 4. The molecule has 0 atom stereocenters. The monoisotopic (exact) mass is 459 g/mol. The van der Waals surface area contributed by atoms with Gasteiger partial charge in [0.05, 0.1) is 10.5 Å². The van der Waals surface area contributed by atoms with E-state index in [1.807, 2.05) is 30.3 Å². The zero-order chi connectivity index (χ0) is 24.1. The van der Waals surface area contributed by atoms with E-state index in [1.165, 1.54) is 17.7 Å². The molecule has 1 heterocycles. The third-order valence-electron chi connectivity index (χ3n) is 6.03. The van der Waals surface area contributed by atoms with Crippen molar-refractivity contribution in [1.82, 2.24) is 4.90 Å². The van der Waals surface area contributed by atoms with Crippen molar-refractivity contribution in [1.29, 1.82) is 0 Å². The Kier molecular flexibility index (Phi) is 7.08. The minimum Gasteiger partial charge on any atom is -0.377 e. The highest BCUT2D eigenvalue weighted by atomic mass is 16.6. The van der Waals surface area contributed by atoms with Crippen molar-refractivity contribution in [3.8, 4) is 0 Å². The molecular weight excluding hydrogens is 430 g/mol. The van der Waals surface area contributed by atoms with E-state index in [0.29, 0.717) is 11.4 Å². The highest BCUT2D eigenvalue weighted by molar-refractivity contribution is 6.08. The lowest BCUT2D eigenvalue weighted by Gasteiger charge is -2.36. The summed E-state index contributed by atoms with van der Waals surface area (Å²) < 4.78 is 0. The summed E-state index contributed by atoms with van der Waals surface area (Å²) in [5, 5.41) is 14.0. The fraction of sp³-hybridized carbons (Fsp3) is 0.269. The van der Waals surface area contributed by atoms with Crippen molar-refractivity contribution in [2.24, 2.45) is 0 Å². The molecular formula is C26H29N5O3. The van der Waals surface area contributed by atoms with Gasteiger partial charge in [0.25, 0.3) is 11.6 Å². The van der Waals surface area contributed by atoms with Crippen molar-refractivity contribution in [2.45, 2.75) is 6.54 Å². The number of rotatable bonds is 7. The number of nitro groups is 1. The van der Waals surface area contributed by atoms with Gasteiger partial charge in [-0.05, 0) is 35.9 Å². The van der Waals surface area contributed by atoms with Gasteiger partial charge in [-0.3, -0.25) is 19.8 Å². The largest absolute Gasteiger partial charge is 0.377 e. The van der Waals surface area contributed by atoms with Gasteiger partial charge in [-0.2, -0.15) is 0 Å². The van der Waals surface area contributed by atoms with Crippen molar-refractivity contribution in [3.05, 3.63) is 94.0 Å². The molecule has 0 aliphatic carbocycles.